The smallest absolute Gasteiger partial charge is 0.182 e. The Bertz CT molecular complexity index is 298. The molecule has 0 aromatic carbocycles. The van der Waals surface area contributed by atoms with E-state index in [4.69, 9.17) is 0 Å². The monoisotopic (exact) mass is 218 g/mol. The summed E-state index contributed by atoms with van der Waals surface area (Å²) < 4.78 is 11.0. The van der Waals surface area contributed by atoms with Crippen LogP contribution in [0.1, 0.15) is 12.6 Å². The quantitative estimate of drug-likeness (QED) is 0.835. The highest BCUT2D eigenvalue weighted by molar-refractivity contribution is 7.84. The molecule has 0 bridgehead atoms. The van der Waals surface area contributed by atoms with E-state index < -0.39 is 10.8 Å². The zero-order chi connectivity index (χ0) is 9.84. The third-order valence-electron chi connectivity index (χ3n) is 1.73. The van der Waals surface area contributed by atoms with Gasteiger partial charge in [0.25, 0.3) is 0 Å². The Labute approximate surface area is 85.0 Å². The average Bonchev–Trinajstić information content (AvgIpc) is 2.47. The van der Waals surface area contributed by atoms with Crippen LogP contribution < -0.4 is 5.32 Å². The summed E-state index contributed by atoms with van der Waals surface area (Å²) in [5.74, 6) is 0. The minimum Gasteiger partial charge on any atom is -0.360 e. The second-order valence-electron chi connectivity index (χ2n) is 2.98. The number of anilines is 1. The number of thiazole rings is 1. The summed E-state index contributed by atoms with van der Waals surface area (Å²) in [5.41, 5.74) is 1.03. The van der Waals surface area contributed by atoms with Crippen molar-refractivity contribution in [2.45, 2.75) is 19.1 Å². The van der Waals surface area contributed by atoms with E-state index in [1.807, 2.05) is 19.2 Å². The van der Waals surface area contributed by atoms with E-state index in [0.717, 1.165) is 17.4 Å². The maximum absolute atomic E-state index is 11.0. The molecule has 1 N–H and O–H groups in total. The number of rotatable bonds is 4. The highest BCUT2D eigenvalue weighted by atomic mass is 32.2. The Kier molecular flexibility index (Phi) is 3.87. The summed E-state index contributed by atoms with van der Waals surface area (Å²) in [5, 5.41) is 6.24. The standard InChI is InChI=1S/C8H14N2OS2/c1-6-5-12-8(10-6)9-4-7(2)13(3)11/h5,7H,4H2,1-3H3,(H,9,10). The highest BCUT2D eigenvalue weighted by Crippen LogP contribution is 2.14. The molecule has 74 valence electrons. The van der Waals surface area contributed by atoms with E-state index >= 15 is 0 Å². The molecular formula is C8H14N2OS2. The first-order valence-corrected chi connectivity index (χ1v) is 6.58. The van der Waals surface area contributed by atoms with Crippen LogP contribution in [-0.4, -0.2) is 27.2 Å². The Morgan fingerprint density at radius 3 is 2.92 bits per heavy atom. The van der Waals surface area contributed by atoms with Crippen LogP contribution >= 0.6 is 11.3 Å². The van der Waals surface area contributed by atoms with Crippen LogP contribution in [0.3, 0.4) is 0 Å². The number of nitrogens with zero attached hydrogens (tertiary/aromatic N) is 1. The van der Waals surface area contributed by atoms with Crippen molar-refractivity contribution in [1.82, 2.24) is 4.98 Å². The predicted molar refractivity (Wildman–Crippen MR) is 58.9 cm³/mol. The fourth-order valence-electron chi connectivity index (χ4n) is 0.784. The number of aryl methyl sites for hydroxylation is 1. The van der Waals surface area contributed by atoms with Gasteiger partial charge in [-0.25, -0.2) is 4.98 Å². The molecule has 2 unspecified atom stereocenters. The molecule has 0 saturated carbocycles. The van der Waals surface area contributed by atoms with E-state index in [9.17, 15) is 4.21 Å². The van der Waals surface area contributed by atoms with Crippen LogP contribution in [0.2, 0.25) is 0 Å². The third-order valence-corrected chi connectivity index (χ3v) is 3.94. The second kappa shape index (κ2) is 4.72. The molecule has 0 aliphatic heterocycles. The Balaban J connectivity index is 2.39. The van der Waals surface area contributed by atoms with Crippen molar-refractivity contribution >= 4 is 27.3 Å². The van der Waals surface area contributed by atoms with Crippen LogP contribution in [0.15, 0.2) is 5.38 Å². The lowest BCUT2D eigenvalue weighted by molar-refractivity contribution is 0.679. The third kappa shape index (κ3) is 3.44. The van der Waals surface area contributed by atoms with Gasteiger partial charge in [0.2, 0.25) is 0 Å². The van der Waals surface area contributed by atoms with Gasteiger partial charge in [-0.05, 0) is 13.8 Å². The Morgan fingerprint density at radius 1 is 1.77 bits per heavy atom. The van der Waals surface area contributed by atoms with Crippen molar-refractivity contribution in [3.8, 4) is 0 Å². The van der Waals surface area contributed by atoms with Gasteiger partial charge >= 0.3 is 0 Å². The van der Waals surface area contributed by atoms with E-state index in [0.29, 0.717) is 0 Å². The van der Waals surface area contributed by atoms with Crippen molar-refractivity contribution in [2.24, 2.45) is 0 Å². The maximum Gasteiger partial charge on any atom is 0.182 e. The van der Waals surface area contributed by atoms with Gasteiger partial charge in [-0.15, -0.1) is 11.3 Å². The van der Waals surface area contributed by atoms with E-state index in [1.54, 1.807) is 17.6 Å². The Morgan fingerprint density at radius 2 is 2.46 bits per heavy atom. The van der Waals surface area contributed by atoms with Crippen molar-refractivity contribution in [1.29, 1.82) is 0 Å². The molecule has 0 fully saturated rings. The predicted octanol–water partition coefficient (Wildman–Crippen LogP) is 1.63. The first kappa shape index (κ1) is 10.7. The van der Waals surface area contributed by atoms with Gasteiger partial charge < -0.3 is 5.32 Å². The van der Waals surface area contributed by atoms with Crippen LogP contribution in [-0.2, 0) is 10.8 Å². The van der Waals surface area contributed by atoms with Crippen LogP contribution in [0.5, 0.6) is 0 Å². The molecular weight excluding hydrogens is 204 g/mol. The molecule has 0 saturated heterocycles. The highest BCUT2D eigenvalue weighted by Gasteiger charge is 2.06. The molecule has 1 aromatic rings. The normalized spacial score (nSPS) is 15.3. The summed E-state index contributed by atoms with van der Waals surface area (Å²) in [7, 11) is -0.763. The SMILES string of the molecule is Cc1csc(NCC(C)S(C)=O)n1. The van der Waals surface area contributed by atoms with Gasteiger partial charge in [0.05, 0.1) is 5.69 Å². The van der Waals surface area contributed by atoms with Crippen molar-refractivity contribution in [3.63, 3.8) is 0 Å². The topological polar surface area (TPSA) is 42.0 Å². The molecule has 1 aromatic heterocycles. The molecule has 5 heteroatoms. The Hall–Kier alpha value is -0.420. The molecule has 0 spiro atoms. The maximum atomic E-state index is 11.0. The summed E-state index contributed by atoms with van der Waals surface area (Å²) >= 11 is 1.58. The fraction of sp³-hybridized carbons (Fsp3) is 0.625. The molecule has 0 aliphatic rings. The van der Waals surface area contributed by atoms with Crippen molar-refractivity contribution in [2.75, 3.05) is 18.1 Å². The second-order valence-corrected chi connectivity index (χ2v) is 5.64. The first-order valence-electron chi connectivity index (χ1n) is 4.08. The average molecular weight is 218 g/mol. The zero-order valence-electron chi connectivity index (χ0n) is 8.03. The summed E-state index contributed by atoms with van der Waals surface area (Å²) in [4.78, 5) is 4.25. The molecule has 13 heavy (non-hydrogen) atoms. The van der Waals surface area contributed by atoms with Gasteiger partial charge in [-0.3, -0.25) is 4.21 Å². The first-order chi connectivity index (χ1) is 6.09. The summed E-state index contributed by atoms with van der Waals surface area (Å²) in [6, 6.07) is 0. The van der Waals surface area contributed by atoms with Gasteiger partial charge in [-0.1, -0.05) is 0 Å². The number of aromatic nitrogens is 1. The zero-order valence-corrected chi connectivity index (χ0v) is 9.67. The van der Waals surface area contributed by atoms with Crippen LogP contribution in [0, 0.1) is 6.92 Å². The largest absolute Gasteiger partial charge is 0.360 e. The van der Waals surface area contributed by atoms with Gasteiger partial charge in [0.15, 0.2) is 5.13 Å². The number of nitrogens with one attached hydrogen (secondary N) is 1. The molecule has 0 aliphatic carbocycles. The van der Waals surface area contributed by atoms with Crippen LogP contribution in [0.4, 0.5) is 5.13 Å². The molecule has 1 rings (SSSR count). The van der Waals surface area contributed by atoms with Gasteiger partial charge in [0.1, 0.15) is 0 Å². The summed E-state index contributed by atoms with van der Waals surface area (Å²) in [6.45, 7) is 4.64. The summed E-state index contributed by atoms with van der Waals surface area (Å²) in [6.07, 6.45) is 1.72. The van der Waals surface area contributed by atoms with E-state index in [1.165, 1.54) is 0 Å². The van der Waals surface area contributed by atoms with Crippen molar-refractivity contribution < 1.29 is 4.21 Å². The molecule has 3 nitrogen and oxygen atoms in total. The van der Waals surface area contributed by atoms with Crippen LogP contribution in [0.25, 0.3) is 0 Å². The minimum atomic E-state index is -0.763. The van der Waals surface area contributed by atoms with Gasteiger partial charge in [0, 0.05) is 34.2 Å². The molecule has 1 heterocycles. The lowest BCUT2D eigenvalue weighted by atomic mass is 10.5. The van der Waals surface area contributed by atoms with Crippen molar-refractivity contribution in [3.05, 3.63) is 11.1 Å². The molecule has 0 amide bonds. The van der Waals surface area contributed by atoms with E-state index in [-0.39, 0.29) is 5.25 Å². The molecule has 0 radical (unpaired) electrons. The number of hydrogen-bond acceptors (Lipinski definition) is 4. The van der Waals surface area contributed by atoms with Gasteiger partial charge in [-0.2, -0.15) is 0 Å². The minimum absolute atomic E-state index is 0.171. The lowest BCUT2D eigenvalue weighted by Gasteiger charge is -2.07. The molecule has 2 atom stereocenters. The fourth-order valence-corrected chi connectivity index (χ4v) is 1.80. The lowest BCUT2D eigenvalue weighted by Crippen LogP contribution is -2.20. The van der Waals surface area contributed by atoms with E-state index in [2.05, 4.69) is 10.3 Å². The number of hydrogen-bond donors (Lipinski definition) is 1.